The second kappa shape index (κ2) is 7.12. The molecule has 0 aromatic heterocycles. The van der Waals surface area contributed by atoms with Crippen molar-refractivity contribution in [2.45, 2.75) is 52.4 Å². The lowest BCUT2D eigenvalue weighted by Gasteiger charge is -2.17. The first-order valence-electron chi connectivity index (χ1n) is 8.06. The van der Waals surface area contributed by atoms with Crippen molar-refractivity contribution in [3.63, 3.8) is 0 Å². The Labute approximate surface area is 124 Å². The maximum atomic E-state index is 6.01. The topological polar surface area (TPSA) is 12.5 Å². The highest BCUT2D eigenvalue weighted by Crippen LogP contribution is 2.27. The molecule has 0 atom stereocenters. The zero-order valence-corrected chi connectivity index (χ0v) is 13.5. The molecule has 1 fully saturated rings. The fraction of sp³-hybridized carbons (Fsp3) is 0.667. The van der Waals surface area contributed by atoms with E-state index in [0.717, 1.165) is 18.9 Å². The normalized spacial score (nSPS) is 16.3. The van der Waals surface area contributed by atoms with Crippen molar-refractivity contribution >= 4 is 0 Å². The molecule has 0 aliphatic carbocycles. The molecule has 0 unspecified atom stereocenters. The van der Waals surface area contributed by atoms with Gasteiger partial charge in [0.1, 0.15) is 12.4 Å². The van der Waals surface area contributed by atoms with Gasteiger partial charge in [-0.3, -0.25) is 4.90 Å². The number of benzene rings is 1. The SMILES string of the molecule is CC(C)c1cc(OCCN2CCCC2)cc(C(C)C)c1. The smallest absolute Gasteiger partial charge is 0.119 e. The molecule has 0 bridgehead atoms. The Morgan fingerprint density at radius 3 is 2.00 bits per heavy atom. The number of hydrogen-bond acceptors (Lipinski definition) is 2. The largest absolute Gasteiger partial charge is 0.492 e. The molecular weight excluding hydrogens is 246 g/mol. The van der Waals surface area contributed by atoms with Crippen LogP contribution in [0.2, 0.25) is 0 Å². The van der Waals surface area contributed by atoms with Crippen molar-refractivity contribution in [3.05, 3.63) is 29.3 Å². The van der Waals surface area contributed by atoms with E-state index in [0.29, 0.717) is 11.8 Å². The summed E-state index contributed by atoms with van der Waals surface area (Å²) in [5.41, 5.74) is 2.76. The molecule has 1 aromatic carbocycles. The van der Waals surface area contributed by atoms with Gasteiger partial charge in [-0.15, -0.1) is 0 Å². The summed E-state index contributed by atoms with van der Waals surface area (Å²) >= 11 is 0. The molecule has 0 radical (unpaired) electrons. The fourth-order valence-electron chi connectivity index (χ4n) is 2.69. The van der Waals surface area contributed by atoms with Crippen molar-refractivity contribution in [1.82, 2.24) is 4.90 Å². The van der Waals surface area contributed by atoms with Gasteiger partial charge in [0.05, 0.1) is 0 Å². The molecule has 1 aliphatic rings. The predicted molar refractivity (Wildman–Crippen MR) is 85.8 cm³/mol. The van der Waals surface area contributed by atoms with Crippen LogP contribution >= 0.6 is 0 Å². The summed E-state index contributed by atoms with van der Waals surface area (Å²) in [7, 11) is 0. The second-order valence-corrected chi connectivity index (χ2v) is 6.54. The van der Waals surface area contributed by atoms with Crippen LogP contribution in [0.1, 0.15) is 63.5 Å². The molecule has 0 spiro atoms. The summed E-state index contributed by atoms with van der Waals surface area (Å²) in [5, 5.41) is 0. The van der Waals surface area contributed by atoms with Gasteiger partial charge in [-0.05, 0) is 61.0 Å². The Morgan fingerprint density at radius 1 is 0.950 bits per heavy atom. The molecule has 1 aliphatic heterocycles. The highest BCUT2D eigenvalue weighted by Gasteiger charge is 2.12. The molecular formula is C18H29NO. The van der Waals surface area contributed by atoms with Crippen molar-refractivity contribution < 1.29 is 4.74 Å². The minimum Gasteiger partial charge on any atom is -0.492 e. The van der Waals surface area contributed by atoms with Crippen LogP contribution in [0.4, 0.5) is 0 Å². The lowest BCUT2D eigenvalue weighted by atomic mass is 9.95. The quantitative estimate of drug-likeness (QED) is 0.762. The van der Waals surface area contributed by atoms with Gasteiger partial charge in [0, 0.05) is 6.54 Å². The zero-order valence-electron chi connectivity index (χ0n) is 13.5. The molecule has 0 N–H and O–H groups in total. The van der Waals surface area contributed by atoms with E-state index in [1.807, 2.05) is 0 Å². The summed E-state index contributed by atoms with van der Waals surface area (Å²) in [4.78, 5) is 2.50. The van der Waals surface area contributed by atoms with E-state index >= 15 is 0 Å². The van der Waals surface area contributed by atoms with Gasteiger partial charge in [-0.1, -0.05) is 33.8 Å². The number of ether oxygens (including phenoxy) is 1. The highest BCUT2D eigenvalue weighted by molar-refractivity contribution is 5.37. The first kappa shape index (κ1) is 15.4. The van der Waals surface area contributed by atoms with E-state index in [-0.39, 0.29) is 0 Å². The minimum atomic E-state index is 0.551. The Bertz CT molecular complexity index is 393. The molecule has 0 amide bonds. The number of hydrogen-bond donors (Lipinski definition) is 0. The minimum absolute atomic E-state index is 0.551. The van der Waals surface area contributed by atoms with Crippen molar-refractivity contribution in [2.24, 2.45) is 0 Å². The maximum absolute atomic E-state index is 6.01. The molecule has 20 heavy (non-hydrogen) atoms. The lowest BCUT2D eigenvalue weighted by molar-refractivity contribution is 0.237. The van der Waals surface area contributed by atoms with Crippen LogP contribution in [-0.4, -0.2) is 31.1 Å². The molecule has 0 saturated carbocycles. The van der Waals surface area contributed by atoms with E-state index in [2.05, 4.69) is 50.8 Å². The Hall–Kier alpha value is -1.02. The van der Waals surface area contributed by atoms with Crippen molar-refractivity contribution in [2.75, 3.05) is 26.2 Å². The fourth-order valence-corrected chi connectivity index (χ4v) is 2.69. The van der Waals surface area contributed by atoms with E-state index < -0.39 is 0 Å². The third kappa shape index (κ3) is 4.24. The monoisotopic (exact) mass is 275 g/mol. The van der Waals surface area contributed by atoms with Crippen LogP contribution in [0.15, 0.2) is 18.2 Å². The van der Waals surface area contributed by atoms with Crippen LogP contribution in [0.5, 0.6) is 5.75 Å². The van der Waals surface area contributed by atoms with Gasteiger partial charge in [-0.25, -0.2) is 0 Å². The third-order valence-corrected chi connectivity index (χ3v) is 4.16. The highest BCUT2D eigenvalue weighted by atomic mass is 16.5. The average Bonchev–Trinajstić information content (AvgIpc) is 2.91. The molecule has 2 nitrogen and oxygen atoms in total. The predicted octanol–water partition coefficient (Wildman–Crippen LogP) is 4.41. The third-order valence-electron chi connectivity index (χ3n) is 4.16. The first-order valence-corrected chi connectivity index (χ1v) is 8.06. The summed E-state index contributed by atoms with van der Waals surface area (Å²) in [6.45, 7) is 13.3. The summed E-state index contributed by atoms with van der Waals surface area (Å²) in [5.74, 6) is 2.14. The van der Waals surface area contributed by atoms with Crippen LogP contribution in [0.3, 0.4) is 0 Å². The van der Waals surface area contributed by atoms with Gasteiger partial charge < -0.3 is 4.74 Å². The van der Waals surface area contributed by atoms with E-state index in [1.165, 1.54) is 37.1 Å². The van der Waals surface area contributed by atoms with Crippen LogP contribution in [0.25, 0.3) is 0 Å². The second-order valence-electron chi connectivity index (χ2n) is 6.54. The van der Waals surface area contributed by atoms with Crippen LogP contribution in [0, 0.1) is 0 Å². The van der Waals surface area contributed by atoms with E-state index in [1.54, 1.807) is 0 Å². The number of nitrogens with zero attached hydrogens (tertiary/aromatic N) is 1. The molecule has 112 valence electrons. The molecule has 1 heterocycles. The van der Waals surface area contributed by atoms with E-state index in [9.17, 15) is 0 Å². The standard InChI is InChI=1S/C18H29NO/c1-14(2)16-11-17(15(3)4)13-18(12-16)20-10-9-19-7-5-6-8-19/h11-15H,5-10H2,1-4H3. The molecule has 2 heteroatoms. The van der Waals surface area contributed by atoms with Gasteiger partial charge in [0.2, 0.25) is 0 Å². The van der Waals surface area contributed by atoms with E-state index in [4.69, 9.17) is 4.74 Å². The molecule has 1 aromatic rings. The first-order chi connectivity index (χ1) is 9.56. The molecule has 2 rings (SSSR count). The molecule has 1 saturated heterocycles. The Morgan fingerprint density at radius 2 is 1.50 bits per heavy atom. The Kier molecular flexibility index (Phi) is 5.47. The summed E-state index contributed by atoms with van der Waals surface area (Å²) in [6.07, 6.45) is 2.70. The van der Waals surface area contributed by atoms with Crippen LogP contribution in [-0.2, 0) is 0 Å². The number of rotatable bonds is 6. The maximum Gasteiger partial charge on any atom is 0.119 e. The van der Waals surface area contributed by atoms with Gasteiger partial charge in [-0.2, -0.15) is 0 Å². The van der Waals surface area contributed by atoms with Gasteiger partial charge in [0.25, 0.3) is 0 Å². The van der Waals surface area contributed by atoms with Gasteiger partial charge >= 0.3 is 0 Å². The van der Waals surface area contributed by atoms with Crippen LogP contribution < -0.4 is 4.74 Å². The van der Waals surface area contributed by atoms with Crippen molar-refractivity contribution in [1.29, 1.82) is 0 Å². The Balaban J connectivity index is 1.98. The average molecular weight is 275 g/mol. The van der Waals surface area contributed by atoms with Gasteiger partial charge in [0.15, 0.2) is 0 Å². The summed E-state index contributed by atoms with van der Waals surface area (Å²) in [6, 6.07) is 6.74. The summed E-state index contributed by atoms with van der Waals surface area (Å²) < 4.78 is 6.01. The van der Waals surface area contributed by atoms with Crippen molar-refractivity contribution in [3.8, 4) is 5.75 Å². The lowest BCUT2D eigenvalue weighted by Crippen LogP contribution is -2.25. The number of likely N-dealkylation sites (tertiary alicyclic amines) is 1. The zero-order chi connectivity index (χ0) is 14.5.